The molecule has 1 aliphatic carbocycles. The molecule has 2 rings (SSSR count). The Morgan fingerprint density at radius 1 is 1.35 bits per heavy atom. The van der Waals surface area contributed by atoms with Crippen molar-refractivity contribution in [2.45, 2.75) is 38.7 Å². The van der Waals surface area contributed by atoms with E-state index in [1.807, 2.05) is 18.2 Å². The van der Waals surface area contributed by atoms with E-state index >= 15 is 0 Å². The maximum atomic E-state index is 11.1. The summed E-state index contributed by atoms with van der Waals surface area (Å²) in [6.07, 6.45) is 4.27. The predicted molar refractivity (Wildman–Crippen MR) is 65.6 cm³/mol. The summed E-state index contributed by atoms with van der Waals surface area (Å²) in [4.78, 5) is 11.1. The van der Waals surface area contributed by atoms with E-state index in [9.17, 15) is 4.79 Å². The van der Waals surface area contributed by atoms with Gasteiger partial charge in [-0.05, 0) is 43.9 Å². The van der Waals surface area contributed by atoms with Gasteiger partial charge in [0.15, 0.2) is 11.5 Å². The quantitative estimate of drug-likeness (QED) is 0.785. The Bertz CT molecular complexity index is 408. The summed E-state index contributed by atoms with van der Waals surface area (Å²) in [6.45, 7) is 1.59. The normalized spacial score (nSPS) is 15.2. The van der Waals surface area contributed by atoms with Crippen LogP contribution in [0.4, 0.5) is 0 Å². The van der Waals surface area contributed by atoms with Gasteiger partial charge in [0.2, 0.25) is 0 Å². The third kappa shape index (κ3) is 2.99. The lowest BCUT2D eigenvalue weighted by Gasteiger charge is -2.27. The number of carbonyl (C=O) groups excluding carboxylic acids is 1. The first-order valence-corrected chi connectivity index (χ1v) is 6.02. The van der Waals surface area contributed by atoms with Gasteiger partial charge in [-0.25, -0.2) is 0 Å². The molecule has 1 fully saturated rings. The van der Waals surface area contributed by atoms with E-state index < -0.39 is 0 Å². The highest BCUT2D eigenvalue weighted by Crippen LogP contribution is 2.33. The van der Waals surface area contributed by atoms with Crippen molar-refractivity contribution in [3.63, 3.8) is 0 Å². The van der Waals surface area contributed by atoms with Gasteiger partial charge in [0.1, 0.15) is 5.78 Å². The number of rotatable bonds is 5. The number of hydrogen-bond acceptors (Lipinski definition) is 3. The van der Waals surface area contributed by atoms with Gasteiger partial charge in [0, 0.05) is 6.42 Å². The van der Waals surface area contributed by atoms with Gasteiger partial charge < -0.3 is 9.47 Å². The van der Waals surface area contributed by atoms with E-state index in [2.05, 4.69) is 0 Å². The molecule has 92 valence electrons. The maximum absolute atomic E-state index is 11.1. The zero-order chi connectivity index (χ0) is 12.3. The standard InChI is InChI=1S/C14H18O3/c1-10(15)8-11-6-7-13(14(9-11)16-2)17-12-4-3-5-12/h6-7,9,12H,3-5,8H2,1-2H3. The van der Waals surface area contributed by atoms with Gasteiger partial charge in [-0.3, -0.25) is 4.79 Å². The summed E-state index contributed by atoms with van der Waals surface area (Å²) < 4.78 is 11.1. The molecule has 0 aromatic heterocycles. The van der Waals surface area contributed by atoms with Crippen LogP contribution >= 0.6 is 0 Å². The van der Waals surface area contributed by atoms with E-state index in [1.54, 1.807) is 14.0 Å². The molecule has 1 saturated carbocycles. The lowest BCUT2D eigenvalue weighted by molar-refractivity contribution is -0.116. The number of carbonyl (C=O) groups is 1. The van der Waals surface area contributed by atoms with Gasteiger partial charge in [-0.15, -0.1) is 0 Å². The molecule has 0 heterocycles. The number of methoxy groups -OCH3 is 1. The maximum Gasteiger partial charge on any atom is 0.161 e. The van der Waals surface area contributed by atoms with Crippen molar-refractivity contribution in [3.8, 4) is 11.5 Å². The molecule has 3 nitrogen and oxygen atoms in total. The monoisotopic (exact) mass is 234 g/mol. The van der Waals surface area contributed by atoms with Gasteiger partial charge in [0.05, 0.1) is 13.2 Å². The van der Waals surface area contributed by atoms with E-state index in [4.69, 9.17) is 9.47 Å². The van der Waals surface area contributed by atoms with Crippen LogP contribution in [0.25, 0.3) is 0 Å². The average Bonchev–Trinajstić information content (AvgIpc) is 2.23. The SMILES string of the molecule is COc1cc(CC(C)=O)ccc1OC1CCC1. The fourth-order valence-corrected chi connectivity index (χ4v) is 1.87. The van der Waals surface area contributed by atoms with E-state index in [0.29, 0.717) is 12.5 Å². The molecule has 1 aromatic carbocycles. The minimum Gasteiger partial charge on any atom is -0.493 e. The molecule has 0 amide bonds. The summed E-state index contributed by atoms with van der Waals surface area (Å²) in [5, 5.41) is 0. The molecule has 1 aliphatic rings. The first kappa shape index (κ1) is 12.0. The molecule has 0 radical (unpaired) electrons. The first-order valence-electron chi connectivity index (χ1n) is 6.02. The van der Waals surface area contributed by atoms with Gasteiger partial charge in [0.25, 0.3) is 0 Å². The Balaban J connectivity index is 2.12. The Kier molecular flexibility index (Phi) is 3.67. The van der Waals surface area contributed by atoms with Crippen molar-refractivity contribution in [1.82, 2.24) is 0 Å². The smallest absolute Gasteiger partial charge is 0.161 e. The molecule has 3 heteroatoms. The molecule has 0 aliphatic heterocycles. The van der Waals surface area contributed by atoms with Crippen LogP contribution in [0.5, 0.6) is 11.5 Å². The van der Waals surface area contributed by atoms with E-state index in [0.717, 1.165) is 29.9 Å². The summed E-state index contributed by atoms with van der Waals surface area (Å²) in [6, 6.07) is 5.71. The van der Waals surface area contributed by atoms with Gasteiger partial charge in [-0.1, -0.05) is 6.07 Å². The summed E-state index contributed by atoms with van der Waals surface area (Å²) >= 11 is 0. The lowest BCUT2D eigenvalue weighted by Crippen LogP contribution is -2.24. The molecular formula is C14H18O3. The predicted octanol–water partition coefficient (Wildman–Crippen LogP) is 2.76. The Labute approximate surface area is 102 Å². The van der Waals surface area contributed by atoms with Crippen molar-refractivity contribution in [1.29, 1.82) is 0 Å². The molecule has 0 saturated heterocycles. The Morgan fingerprint density at radius 3 is 2.65 bits per heavy atom. The molecule has 0 unspecified atom stereocenters. The molecule has 1 aromatic rings. The van der Waals surface area contributed by atoms with Crippen molar-refractivity contribution in [2.24, 2.45) is 0 Å². The topological polar surface area (TPSA) is 35.5 Å². The van der Waals surface area contributed by atoms with Crippen molar-refractivity contribution < 1.29 is 14.3 Å². The highest BCUT2D eigenvalue weighted by Gasteiger charge is 2.20. The van der Waals surface area contributed by atoms with Crippen LogP contribution in [-0.4, -0.2) is 19.0 Å². The third-order valence-corrected chi connectivity index (χ3v) is 3.03. The van der Waals surface area contributed by atoms with Crippen molar-refractivity contribution >= 4 is 5.78 Å². The lowest BCUT2D eigenvalue weighted by atomic mass is 9.96. The number of benzene rings is 1. The number of ketones is 1. The van der Waals surface area contributed by atoms with E-state index in [1.165, 1.54) is 6.42 Å². The first-order chi connectivity index (χ1) is 8.19. The van der Waals surface area contributed by atoms with Crippen LogP contribution < -0.4 is 9.47 Å². The number of Topliss-reactive ketones (excluding diaryl/α,β-unsaturated/α-hetero) is 1. The number of hydrogen-bond donors (Lipinski definition) is 0. The third-order valence-electron chi connectivity index (χ3n) is 3.03. The number of ether oxygens (including phenoxy) is 2. The van der Waals surface area contributed by atoms with Gasteiger partial charge >= 0.3 is 0 Å². The Morgan fingerprint density at radius 2 is 2.12 bits per heavy atom. The van der Waals surface area contributed by atoms with Crippen LogP contribution in [0.2, 0.25) is 0 Å². The minimum absolute atomic E-state index is 0.153. The summed E-state index contributed by atoms with van der Waals surface area (Å²) in [7, 11) is 1.63. The van der Waals surface area contributed by atoms with Crippen LogP contribution in [0.15, 0.2) is 18.2 Å². The van der Waals surface area contributed by atoms with Crippen LogP contribution in [0, 0.1) is 0 Å². The molecule has 17 heavy (non-hydrogen) atoms. The van der Waals surface area contributed by atoms with Crippen molar-refractivity contribution in [2.75, 3.05) is 7.11 Å². The molecule has 0 spiro atoms. The Hall–Kier alpha value is -1.51. The zero-order valence-corrected chi connectivity index (χ0v) is 10.4. The zero-order valence-electron chi connectivity index (χ0n) is 10.4. The fourth-order valence-electron chi connectivity index (χ4n) is 1.87. The second-order valence-electron chi connectivity index (χ2n) is 4.53. The molecule has 0 bridgehead atoms. The highest BCUT2D eigenvalue weighted by molar-refractivity contribution is 5.78. The van der Waals surface area contributed by atoms with Crippen LogP contribution in [0.1, 0.15) is 31.7 Å². The second kappa shape index (κ2) is 5.21. The summed E-state index contributed by atoms with van der Waals surface area (Å²) in [5.41, 5.74) is 0.968. The minimum atomic E-state index is 0.153. The second-order valence-corrected chi connectivity index (χ2v) is 4.53. The van der Waals surface area contributed by atoms with Crippen LogP contribution in [0.3, 0.4) is 0 Å². The molecule has 0 atom stereocenters. The molecule has 0 N–H and O–H groups in total. The average molecular weight is 234 g/mol. The van der Waals surface area contributed by atoms with Crippen molar-refractivity contribution in [3.05, 3.63) is 23.8 Å². The summed E-state index contributed by atoms with van der Waals surface area (Å²) in [5.74, 6) is 1.65. The van der Waals surface area contributed by atoms with Crippen LogP contribution in [-0.2, 0) is 11.2 Å². The highest BCUT2D eigenvalue weighted by atomic mass is 16.5. The fraction of sp³-hybridized carbons (Fsp3) is 0.500. The van der Waals surface area contributed by atoms with Gasteiger partial charge in [-0.2, -0.15) is 0 Å². The largest absolute Gasteiger partial charge is 0.493 e. The molecular weight excluding hydrogens is 216 g/mol. The van der Waals surface area contributed by atoms with E-state index in [-0.39, 0.29) is 5.78 Å².